The lowest BCUT2D eigenvalue weighted by molar-refractivity contribution is 0.118. The Kier molecular flexibility index (Phi) is 6.07. The first kappa shape index (κ1) is 16.3. The fraction of sp³-hybridized carbons (Fsp3) is 0.667. The molecule has 3 N–H and O–H groups in total. The Morgan fingerprint density at radius 2 is 2.00 bits per heavy atom. The Morgan fingerprint density at radius 3 is 2.62 bits per heavy atom. The standard InChI is InChI=1S/C18H30N2O/c1-3-20(18-6-4-5-16(18)13-19)14(2)7-8-15-9-11-17(21)12-10-15/h9-12,14,16,18,21H,3-8,13,19H2,1-2H3. The number of nitrogens with zero attached hydrogens (tertiary/aromatic N) is 1. The molecule has 3 atom stereocenters. The van der Waals surface area contributed by atoms with Gasteiger partial charge < -0.3 is 10.8 Å². The fourth-order valence-electron chi connectivity index (χ4n) is 3.81. The maximum atomic E-state index is 9.34. The van der Waals surface area contributed by atoms with Crippen LogP contribution in [0.1, 0.15) is 45.1 Å². The molecule has 1 aromatic rings. The number of rotatable bonds is 7. The zero-order valence-corrected chi connectivity index (χ0v) is 13.5. The van der Waals surface area contributed by atoms with Gasteiger partial charge in [0.2, 0.25) is 0 Å². The summed E-state index contributed by atoms with van der Waals surface area (Å²) in [6.07, 6.45) is 6.15. The average molecular weight is 290 g/mol. The Labute approximate surface area is 129 Å². The Balaban J connectivity index is 1.90. The lowest BCUT2D eigenvalue weighted by atomic mass is 9.98. The van der Waals surface area contributed by atoms with Crippen molar-refractivity contribution in [3.8, 4) is 5.75 Å². The van der Waals surface area contributed by atoms with Crippen molar-refractivity contribution in [2.24, 2.45) is 11.7 Å². The quantitative estimate of drug-likeness (QED) is 0.811. The minimum Gasteiger partial charge on any atom is -0.508 e. The van der Waals surface area contributed by atoms with Crippen molar-refractivity contribution in [1.29, 1.82) is 0 Å². The van der Waals surface area contributed by atoms with Crippen LogP contribution in [0.25, 0.3) is 0 Å². The second-order valence-corrected chi connectivity index (χ2v) is 6.38. The molecule has 3 nitrogen and oxygen atoms in total. The van der Waals surface area contributed by atoms with Gasteiger partial charge in [0.15, 0.2) is 0 Å². The first-order chi connectivity index (χ1) is 10.2. The number of aromatic hydroxyl groups is 1. The molecule has 118 valence electrons. The summed E-state index contributed by atoms with van der Waals surface area (Å²) >= 11 is 0. The lowest BCUT2D eigenvalue weighted by Crippen LogP contribution is -2.45. The predicted octanol–water partition coefficient (Wildman–Crippen LogP) is 3.16. The highest BCUT2D eigenvalue weighted by molar-refractivity contribution is 5.25. The molecule has 1 aliphatic rings. The molecule has 0 spiro atoms. The van der Waals surface area contributed by atoms with Crippen LogP contribution < -0.4 is 5.73 Å². The molecule has 0 bridgehead atoms. The van der Waals surface area contributed by atoms with Gasteiger partial charge in [0.05, 0.1) is 0 Å². The lowest BCUT2D eigenvalue weighted by Gasteiger charge is -2.36. The van der Waals surface area contributed by atoms with Crippen molar-refractivity contribution in [2.45, 2.75) is 58.0 Å². The molecule has 21 heavy (non-hydrogen) atoms. The number of aryl methyl sites for hydroxylation is 1. The molecule has 2 rings (SSSR count). The van der Waals surface area contributed by atoms with Gasteiger partial charge in [-0.05, 0) is 69.3 Å². The zero-order valence-electron chi connectivity index (χ0n) is 13.5. The largest absolute Gasteiger partial charge is 0.508 e. The monoisotopic (exact) mass is 290 g/mol. The Hall–Kier alpha value is -1.06. The molecule has 1 aliphatic carbocycles. The minimum atomic E-state index is 0.346. The average Bonchev–Trinajstić information content (AvgIpc) is 2.96. The molecule has 0 aromatic heterocycles. The van der Waals surface area contributed by atoms with Crippen molar-refractivity contribution >= 4 is 0 Å². The number of phenols is 1. The van der Waals surface area contributed by atoms with Gasteiger partial charge in [0, 0.05) is 12.1 Å². The van der Waals surface area contributed by atoms with Gasteiger partial charge in [-0.2, -0.15) is 0 Å². The third-order valence-corrected chi connectivity index (χ3v) is 5.07. The van der Waals surface area contributed by atoms with Crippen LogP contribution in [0.15, 0.2) is 24.3 Å². The molecule has 1 aromatic carbocycles. The Bertz CT molecular complexity index is 418. The second-order valence-electron chi connectivity index (χ2n) is 6.38. The van der Waals surface area contributed by atoms with Gasteiger partial charge in [-0.25, -0.2) is 0 Å². The highest BCUT2D eigenvalue weighted by atomic mass is 16.3. The van der Waals surface area contributed by atoms with E-state index in [1.54, 1.807) is 12.1 Å². The number of nitrogens with two attached hydrogens (primary N) is 1. The first-order valence-electron chi connectivity index (χ1n) is 8.39. The molecule has 0 saturated heterocycles. The molecular weight excluding hydrogens is 260 g/mol. The smallest absolute Gasteiger partial charge is 0.115 e. The van der Waals surface area contributed by atoms with Crippen LogP contribution in [-0.2, 0) is 6.42 Å². The van der Waals surface area contributed by atoms with E-state index >= 15 is 0 Å². The van der Waals surface area contributed by atoms with Crippen molar-refractivity contribution in [1.82, 2.24) is 4.90 Å². The van der Waals surface area contributed by atoms with Crippen molar-refractivity contribution < 1.29 is 5.11 Å². The van der Waals surface area contributed by atoms with E-state index in [0.717, 1.165) is 25.9 Å². The predicted molar refractivity (Wildman–Crippen MR) is 88.5 cm³/mol. The molecule has 0 aliphatic heterocycles. The first-order valence-corrected chi connectivity index (χ1v) is 8.39. The summed E-state index contributed by atoms with van der Waals surface area (Å²) in [5, 5.41) is 9.34. The van der Waals surface area contributed by atoms with E-state index in [1.165, 1.54) is 24.8 Å². The SMILES string of the molecule is CCN(C(C)CCc1ccc(O)cc1)C1CCCC1CN. The minimum absolute atomic E-state index is 0.346. The van der Waals surface area contributed by atoms with Gasteiger partial charge in [0.25, 0.3) is 0 Å². The topological polar surface area (TPSA) is 49.5 Å². The molecule has 1 fully saturated rings. The molecule has 0 radical (unpaired) electrons. The van der Waals surface area contributed by atoms with Crippen LogP contribution in [0.2, 0.25) is 0 Å². The highest BCUT2D eigenvalue weighted by Crippen LogP contribution is 2.31. The molecule has 0 heterocycles. The van der Waals surface area contributed by atoms with E-state index in [2.05, 4.69) is 18.7 Å². The van der Waals surface area contributed by atoms with Crippen LogP contribution in [-0.4, -0.2) is 35.2 Å². The number of benzene rings is 1. The van der Waals surface area contributed by atoms with Crippen molar-refractivity contribution in [3.63, 3.8) is 0 Å². The summed E-state index contributed by atoms with van der Waals surface area (Å²) < 4.78 is 0. The highest BCUT2D eigenvalue weighted by Gasteiger charge is 2.32. The number of hydrogen-bond acceptors (Lipinski definition) is 3. The maximum absolute atomic E-state index is 9.34. The summed E-state index contributed by atoms with van der Waals surface area (Å²) in [6.45, 7) is 6.54. The second kappa shape index (κ2) is 7.81. The van der Waals surface area contributed by atoms with Gasteiger partial charge >= 0.3 is 0 Å². The molecule has 3 heteroatoms. The summed E-state index contributed by atoms with van der Waals surface area (Å²) in [5.41, 5.74) is 7.25. The van der Waals surface area contributed by atoms with Crippen LogP contribution in [0.5, 0.6) is 5.75 Å². The van der Waals surface area contributed by atoms with Crippen LogP contribution in [0, 0.1) is 5.92 Å². The summed E-state index contributed by atoms with van der Waals surface area (Å²) in [6, 6.07) is 8.86. The maximum Gasteiger partial charge on any atom is 0.115 e. The van der Waals surface area contributed by atoms with Crippen LogP contribution in [0.4, 0.5) is 0 Å². The van der Waals surface area contributed by atoms with E-state index in [4.69, 9.17) is 5.73 Å². The fourth-order valence-corrected chi connectivity index (χ4v) is 3.81. The number of phenolic OH excluding ortho intramolecular Hbond substituents is 1. The summed E-state index contributed by atoms with van der Waals surface area (Å²) in [7, 11) is 0. The van der Waals surface area contributed by atoms with Crippen LogP contribution >= 0.6 is 0 Å². The third kappa shape index (κ3) is 4.21. The summed E-state index contributed by atoms with van der Waals surface area (Å²) in [4.78, 5) is 2.66. The van der Waals surface area contributed by atoms with E-state index < -0.39 is 0 Å². The molecule has 3 unspecified atom stereocenters. The third-order valence-electron chi connectivity index (χ3n) is 5.07. The van der Waals surface area contributed by atoms with Crippen molar-refractivity contribution in [2.75, 3.05) is 13.1 Å². The van der Waals surface area contributed by atoms with Gasteiger partial charge in [-0.15, -0.1) is 0 Å². The van der Waals surface area contributed by atoms with Crippen LogP contribution in [0.3, 0.4) is 0 Å². The van der Waals surface area contributed by atoms with E-state index in [9.17, 15) is 5.11 Å². The Morgan fingerprint density at radius 1 is 1.29 bits per heavy atom. The van der Waals surface area contributed by atoms with Gasteiger partial charge in [-0.3, -0.25) is 4.90 Å². The van der Waals surface area contributed by atoms with Gasteiger partial charge in [-0.1, -0.05) is 25.5 Å². The van der Waals surface area contributed by atoms with Crippen molar-refractivity contribution in [3.05, 3.63) is 29.8 Å². The molecule has 1 saturated carbocycles. The molecule has 0 amide bonds. The summed E-state index contributed by atoms with van der Waals surface area (Å²) in [5.74, 6) is 1.03. The van der Waals surface area contributed by atoms with E-state index in [1.807, 2.05) is 12.1 Å². The normalized spacial score (nSPS) is 23.6. The number of hydrogen-bond donors (Lipinski definition) is 2. The molecular formula is C18H30N2O. The van der Waals surface area contributed by atoms with E-state index in [-0.39, 0.29) is 0 Å². The van der Waals surface area contributed by atoms with Gasteiger partial charge in [0.1, 0.15) is 5.75 Å². The van der Waals surface area contributed by atoms with E-state index in [0.29, 0.717) is 23.8 Å². The zero-order chi connectivity index (χ0) is 15.2.